The Morgan fingerprint density at radius 2 is 1.85 bits per heavy atom. The van der Waals surface area contributed by atoms with Crippen molar-refractivity contribution >= 4 is 17.8 Å². The zero-order valence-electron chi connectivity index (χ0n) is 12.4. The van der Waals surface area contributed by atoms with Gasteiger partial charge < -0.3 is 10.2 Å². The Bertz CT molecular complexity index is 415. The number of anilines is 3. The van der Waals surface area contributed by atoms with Crippen LogP contribution in [0.5, 0.6) is 0 Å². The number of hydrogen-bond donors (Lipinski definition) is 3. The number of rotatable bonds is 7. The second kappa shape index (κ2) is 7.23. The van der Waals surface area contributed by atoms with Crippen LogP contribution in [0.4, 0.5) is 17.8 Å². The van der Waals surface area contributed by atoms with Crippen LogP contribution in [0.1, 0.15) is 38.5 Å². The van der Waals surface area contributed by atoms with Crippen molar-refractivity contribution in [1.82, 2.24) is 15.0 Å². The van der Waals surface area contributed by atoms with Gasteiger partial charge in [-0.2, -0.15) is 15.0 Å². The Kier molecular flexibility index (Phi) is 5.34. The SMILES string of the molecule is CN(C)c1nc(NN)nc(NCCCC2CCCC2)n1. The Balaban J connectivity index is 1.83. The van der Waals surface area contributed by atoms with Crippen molar-refractivity contribution in [2.45, 2.75) is 38.5 Å². The normalized spacial score (nSPS) is 15.3. The van der Waals surface area contributed by atoms with E-state index in [4.69, 9.17) is 5.84 Å². The van der Waals surface area contributed by atoms with Gasteiger partial charge in [0.1, 0.15) is 0 Å². The lowest BCUT2D eigenvalue weighted by atomic mass is 10.0. The molecule has 1 aliphatic carbocycles. The molecule has 112 valence electrons. The van der Waals surface area contributed by atoms with Crippen molar-refractivity contribution in [3.8, 4) is 0 Å². The van der Waals surface area contributed by atoms with E-state index in [1.807, 2.05) is 19.0 Å². The van der Waals surface area contributed by atoms with Gasteiger partial charge >= 0.3 is 0 Å². The van der Waals surface area contributed by atoms with Crippen LogP contribution in [0, 0.1) is 5.92 Å². The van der Waals surface area contributed by atoms with E-state index in [-0.39, 0.29) is 0 Å². The van der Waals surface area contributed by atoms with Crippen molar-refractivity contribution < 1.29 is 0 Å². The molecule has 7 heteroatoms. The molecule has 1 fully saturated rings. The maximum absolute atomic E-state index is 5.38. The molecule has 0 radical (unpaired) electrons. The average Bonchev–Trinajstić information content (AvgIpc) is 2.96. The highest BCUT2D eigenvalue weighted by atomic mass is 15.4. The molecule has 4 N–H and O–H groups in total. The summed E-state index contributed by atoms with van der Waals surface area (Å²) in [4.78, 5) is 14.6. The molecular formula is C13H25N7. The molecule has 2 rings (SSSR count). The topological polar surface area (TPSA) is 92.0 Å². The second-order valence-electron chi connectivity index (χ2n) is 5.54. The van der Waals surface area contributed by atoms with E-state index < -0.39 is 0 Å². The van der Waals surface area contributed by atoms with Crippen molar-refractivity contribution in [2.75, 3.05) is 36.3 Å². The molecule has 7 nitrogen and oxygen atoms in total. The molecule has 0 spiro atoms. The fraction of sp³-hybridized carbons (Fsp3) is 0.769. The summed E-state index contributed by atoms with van der Waals surface area (Å²) in [6.07, 6.45) is 8.06. The minimum absolute atomic E-state index is 0.377. The van der Waals surface area contributed by atoms with Gasteiger partial charge in [0.05, 0.1) is 0 Å². The third-order valence-corrected chi connectivity index (χ3v) is 3.70. The highest BCUT2D eigenvalue weighted by Crippen LogP contribution is 2.28. The number of nitrogen functional groups attached to an aromatic ring is 1. The summed E-state index contributed by atoms with van der Waals surface area (Å²) < 4.78 is 0. The predicted molar refractivity (Wildman–Crippen MR) is 81.6 cm³/mol. The zero-order chi connectivity index (χ0) is 14.4. The third-order valence-electron chi connectivity index (χ3n) is 3.70. The van der Waals surface area contributed by atoms with Crippen molar-refractivity contribution in [1.29, 1.82) is 0 Å². The molecule has 20 heavy (non-hydrogen) atoms. The van der Waals surface area contributed by atoms with Gasteiger partial charge in [0.2, 0.25) is 17.8 Å². The van der Waals surface area contributed by atoms with Crippen LogP contribution in [0.15, 0.2) is 0 Å². The van der Waals surface area contributed by atoms with E-state index in [1.54, 1.807) is 0 Å². The average molecular weight is 279 g/mol. The summed E-state index contributed by atoms with van der Waals surface area (Å²) >= 11 is 0. The van der Waals surface area contributed by atoms with Gasteiger partial charge in [-0.05, 0) is 18.8 Å². The van der Waals surface area contributed by atoms with Crippen molar-refractivity contribution in [3.63, 3.8) is 0 Å². The van der Waals surface area contributed by atoms with Crippen molar-refractivity contribution in [2.24, 2.45) is 11.8 Å². The molecule has 0 bridgehead atoms. The zero-order valence-corrected chi connectivity index (χ0v) is 12.4. The van der Waals surface area contributed by atoms with Crippen LogP contribution in [-0.2, 0) is 0 Å². The first-order chi connectivity index (χ1) is 9.69. The van der Waals surface area contributed by atoms with E-state index in [2.05, 4.69) is 25.7 Å². The van der Waals surface area contributed by atoms with Crippen LogP contribution in [-0.4, -0.2) is 35.6 Å². The minimum atomic E-state index is 0.377. The maximum Gasteiger partial charge on any atom is 0.243 e. The first-order valence-electron chi connectivity index (χ1n) is 7.33. The smallest absolute Gasteiger partial charge is 0.243 e. The molecule has 1 aromatic heterocycles. The summed E-state index contributed by atoms with van der Waals surface area (Å²) in [5.41, 5.74) is 2.47. The standard InChI is InChI=1S/C13H25N7/c1-20(2)13-17-11(16-12(18-13)19-14)15-9-5-8-10-6-3-4-7-10/h10H,3-9,14H2,1-2H3,(H2,15,16,17,18,19). The number of nitrogens with two attached hydrogens (primary N) is 1. The molecule has 0 unspecified atom stereocenters. The van der Waals surface area contributed by atoms with Gasteiger partial charge in [-0.1, -0.05) is 25.7 Å². The minimum Gasteiger partial charge on any atom is -0.354 e. The van der Waals surface area contributed by atoms with Crippen LogP contribution in [0.2, 0.25) is 0 Å². The van der Waals surface area contributed by atoms with Gasteiger partial charge in [-0.3, -0.25) is 5.43 Å². The number of nitrogens with zero attached hydrogens (tertiary/aromatic N) is 4. The van der Waals surface area contributed by atoms with Gasteiger partial charge in [0.15, 0.2) is 0 Å². The Labute approximate surface area is 120 Å². The highest BCUT2D eigenvalue weighted by molar-refractivity contribution is 5.42. The van der Waals surface area contributed by atoms with Crippen LogP contribution in [0.3, 0.4) is 0 Å². The van der Waals surface area contributed by atoms with Gasteiger partial charge in [-0.25, -0.2) is 5.84 Å². The molecule has 0 amide bonds. The molecule has 0 aromatic carbocycles. The molecule has 1 aromatic rings. The number of aromatic nitrogens is 3. The fourth-order valence-corrected chi connectivity index (χ4v) is 2.60. The van der Waals surface area contributed by atoms with Gasteiger partial charge in [-0.15, -0.1) is 0 Å². The summed E-state index contributed by atoms with van der Waals surface area (Å²) in [5.74, 6) is 7.84. The van der Waals surface area contributed by atoms with E-state index in [0.717, 1.165) is 18.9 Å². The monoisotopic (exact) mass is 279 g/mol. The largest absolute Gasteiger partial charge is 0.354 e. The summed E-state index contributed by atoms with van der Waals surface area (Å²) in [7, 11) is 3.78. The Morgan fingerprint density at radius 3 is 2.50 bits per heavy atom. The predicted octanol–water partition coefficient (Wildman–Crippen LogP) is 1.61. The first-order valence-corrected chi connectivity index (χ1v) is 7.33. The first kappa shape index (κ1) is 14.8. The lowest BCUT2D eigenvalue weighted by molar-refractivity contribution is 0.491. The van der Waals surface area contributed by atoms with E-state index in [0.29, 0.717) is 17.8 Å². The van der Waals surface area contributed by atoms with Crippen LogP contribution < -0.4 is 21.5 Å². The van der Waals surface area contributed by atoms with E-state index in [9.17, 15) is 0 Å². The second-order valence-corrected chi connectivity index (χ2v) is 5.54. The van der Waals surface area contributed by atoms with Gasteiger partial charge in [0, 0.05) is 20.6 Å². The Hall–Kier alpha value is -1.63. The molecular weight excluding hydrogens is 254 g/mol. The highest BCUT2D eigenvalue weighted by Gasteiger charge is 2.14. The molecule has 1 aliphatic rings. The van der Waals surface area contributed by atoms with E-state index >= 15 is 0 Å². The van der Waals surface area contributed by atoms with Crippen molar-refractivity contribution in [3.05, 3.63) is 0 Å². The lowest BCUT2D eigenvalue weighted by Crippen LogP contribution is -2.19. The number of nitrogens with one attached hydrogen (secondary N) is 2. The lowest BCUT2D eigenvalue weighted by Gasteiger charge is -2.13. The van der Waals surface area contributed by atoms with Gasteiger partial charge in [0.25, 0.3) is 0 Å². The number of hydrogen-bond acceptors (Lipinski definition) is 7. The molecule has 1 heterocycles. The van der Waals surface area contributed by atoms with Crippen LogP contribution >= 0.6 is 0 Å². The number of hydrazine groups is 1. The van der Waals surface area contributed by atoms with Crippen LogP contribution in [0.25, 0.3) is 0 Å². The quantitative estimate of drug-likeness (QED) is 0.396. The summed E-state index contributed by atoms with van der Waals surface area (Å²) in [5, 5.41) is 3.25. The maximum atomic E-state index is 5.38. The fourth-order valence-electron chi connectivity index (χ4n) is 2.60. The molecule has 1 saturated carbocycles. The van der Waals surface area contributed by atoms with E-state index in [1.165, 1.54) is 32.1 Å². The Morgan fingerprint density at radius 1 is 1.15 bits per heavy atom. The summed E-state index contributed by atoms with van der Waals surface area (Å²) in [6.45, 7) is 0.886. The molecule has 0 aliphatic heterocycles. The molecule has 0 atom stereocenters. The third kappa shape index (κ3) is 4.19. The summed E-state index contributed by atoms with van der Waals surface area (Å²) in [6, 6.07) is 0. The molecule has 0 saturated heterocycles.